The fourth-order valence-electron chi connectivity index (χ4n) is 4.31. The number of anilines is 2. The maximum absolute atomic E-state index is 13.4. The molecule has 1 aromatic carbocycles. The molecule has 4 N–H and O–H groups in total. The first-order valence-corrected chi connectivity index (χ1v) is 15.0. The van der Waals surface area contributed by atoms with Crippen LogP contribution < -0.4 is 15.9 Å². The van der Waals surface area contributed by atoms with Crippen LogP contribution in [0.3, 0.4) is 0 Å². The maximum Gasteiger partial charge on any atom is 0.533 e. The second-order valence-electron chi connectivity index (χ2n) is 13.2. The van der Waals surface area contributed by atoms with Gasteiger partial charge in [0.25, 0.3) is 5.91 Å². The molecule has 0 spiro atoms. The Morgan fingerprint density at radius 2 is 1.43 bits per heavy atom. The Morgan fingerprint density at radius 1 is 0.848 bits per heavy atom. The van der Waals surface area contributed by atoms with Gasteiger partial charge >= 0.3 is 24.4 Å². The van der Waals surface area contributed by atoms with Crippen LogP contribution in [0.25, 0.3) is 11.3 Å². The van der Waals surface area contributed by atoms with E-state index in [9.17, 15) is 29.4 Å². The van der Waals surface area contributed by atoms with Crippen LogP contribution in [0.2, 0.25) is 0 Å². The first kappa shape index (κ1) is 35.6. The Hall–Kier alpha value is -4.92. The van der Waals surface area contributed by atoms with E-state index >= 15 is 0 Å². The summed E-state index contributed by atoms with van der Waals surface area (Å²) in [5.41, 5.74) is 0.625. The van der Waals surface area contributed by atoms with Gasteiger partial charge in [0.1, 0.15) is 11.6 Å². The highest BCUT2D eigenvalue weighted by molar-refractivity contribution is 7.10. The number of nitrogens with zero attached hydrogens (tertiary/aromatic N) is 3. The van der Waals surface area contributed by atoms with Gasteiger partial charge in [-0.1, -0.05) is 59.7 Å². The van der Waals surface area contributed by atoms with Crippen molar-refractivity contribution < 1.29 is 43.8 Å². The molecule has 2 heterocycles. The number of amides is 2. The molecule has 0 saturated carbocycles. The first-order valence-electron chi connectivity index (χ1n) is 14.1. The lowest BCUT2D eigenvalue weighted by atomic mass is 9.76. The van der Waals surface area contributed by atoms with E-state index in [1.807, 2.05) is 41.5 Å². The third kappa shape index (κ3) is 9.54. The number of ether oxygens (including phenoxy) is 1. The number of aromatic nitrogens is 2. The Balaban J connectivity index is 2.06. The molecule has 0 saturated heterocycles. The highest BCUT2D eigenvalue weighted by Gasteiger charge is 2.34. The van der Waals surface area contributed by atoms with E-state index in [0.717, 1.165) is 0 Å². The van der Waals surface area contributed by atoms with Gasteiger partial charge in [0, 0.05) is 32.3 Å². The summed E-state index contributed by atoms with van der Waals surface area (Å²) < 4.78 is 5.35. The third-order valence-electron chi connectivity index (χ3n) is 6.02. The number of carbonyl (C=O) groups excluding carboxylic acids is 2. The van der Waals surface area contributed by atoms with Crippen molar-refractivity contribution in [2.24, 2.45) is 0 Å². The number of thiophene rings is 1. The molecule has 2 amide bonds. The van der Waals surface area contributed by atoms with E-state index in [1.165, 1.54) is 11.3 Å². The second-order valence-corrected chi connectivity index (χ2v) is 14.2. The Kier molecular flexibility index (Phi) is 10.5. The summed E-state index contributed by atoms with van der Waals surface area (Å²) in [5.74, 6) is -0.954. The summed E-state index contributed by atoms with van der Waals surface area (Å²) in [6, 6.07) is 9.12. The summed E-state index contributed by atoms with van der Waals surface area (Å²) in [4.78, 5) is 67.2. The average molecular weight is 658 g/mol. The number of benzene rings is 1. The lowest BCUT2D eigenvalue weighted by Gasteiger charge is -2.31. The number of hydrogen-bond acceptors (Lipinski definition) is 11. The summed E-state index contributed by atoms with van der Waals surface area (Å²) in [7, 11) is 0. The molecule has 0 fully saturated rings. The molecule has 0 aliphatic heterocycles. The van der Waals surface area contributed by atoms with Crippen LogP contribution in [0.1, 0.15) is 84.5 Å². The Bertz CT molecular complexity index is 1560. The lowest BCUT2D eigenvalue weighted by Crippen LogP contribution is -2.39. The topological polar surface area (TPSA) is 190 Å². The Labute approximate surface area is 270 Å². The van der Waals surface area contributed by atoms with E-state index in [2.05, 4.69) is 30.3 Å². The highest BCUT2D eigenvalue weighted by atomic mass is 32.1. The van der Waals surface area contributed by atoms with Crippen molar-refractivity contribution in [3.63, 3.8) is 0 Å². The fraction of sp³-hybridized carbons (Fsp3) is 0.419. The molecule has 46 heavy (non-hydrogen) atoms. The van der Waals surface area contributed by atoms with Gasteiger partial charge in [0.15, 0.2) is 0 Å². The zero-order valence-corrected chi connectivity index (χ0v) is 27.9. The van der Waals surface area contributed by atoms with Gasteiger partial charge in [0.2, 0.25) is 0 Å². The minimum Gasteiger partial charge on any atom is -0.448 e. The van der Waals surface area contributed by atoms with E-state index in [4.69, 9.17) is 4.74 Å². The van der Waals surface area contributed by atoms with Crippen molar-refractivity contribution >= 4 is 47.3 Å². The summed E-state index contributed by atoms with van der Waals surface area (Å²) >= 11 is 1.30. The van der Waals surface area contributed by atoms with Gasteiger partial charge in [0.05, 0.1) is 11.4 Å². The van der Waals surface area contributed by atoms with Crippen molar-refractivity contribution in [3.05, 3.63) is 57.9 Å². The molecular weight excluding hydrogens is 618 g/mol. The van der Waals surface area contributed by atoms with Gasteiger partial charge in [-0.05, 0) is 49.8 Å². The Morgan fingerprint density at radius 3 is 1.89 bits per heavy atom. The molecule has 15 heteroatoms. The number of carbonyl (C=O) groups is 4. The normalized spacial score (nSPS) is 12.5. The van der Waals surface area contributed by atoms with E-state index < -0.39 is 52.7 Å². The molecule has 0 aliphatic rings. The smallest absolute Gasteiger partial charge is 0.448 e. The summed E-state index contributed by atoms with van der Waals surface area (Å²) in [6.07, 6.45) is -4.43. The van der Waals surface area contributed by atoms with Gasteiger partial charge in [-0.2, -0.15) is 0 Å². The standard InChI is InChI=1S/C31H39N5O9S/c1-29(2,3)20-21(33-25(35-23(20)30(4,5)6)36(44-27(39)40)45-28(41)42)17-12-14-18(15-13-17)32-24(37)22(19-11-10-16-46-19)34-26(38)43-31(7,8)9/h10-16,22H,1-9H3,(H,32,37)(H,34,38)(H,39,40)(H,41,42)/t22-/m1/s1. The molecule has 14 nitrogen and oxygen atoms in total. The van der Waals surface area contributed by atoms with Crippen LogP contribution in [0.4, 0.5) is 26.0 Å². The zero-order valence-electron chi connectivity index (χ0n) is 27.1. The monoisotopic (exact) mass is 657 g/mol. The molecule has 2 aromatic heterocycles. The van der Waals surface area contributed by atoms with Crippen LogP contribution >= 0.6 is 11.3 Å². The summed E-state index contributed by atoms with van der Waals surface area (Å²) in [6.45, 7) is 16.7. The van der Waals surface area contributed by atoms with Crippen molar-refractivity contribution in [3.8, 4) is 11.3 Å². The molecule has 0 bridgehead atoms. The van der Waals surface area contributed by atoms with Crippen LogP contribution in [0.15, 0.2) is 41.8 Å². The molecule has 0 unspecified atom stereocenters. The number of nitrogens with one attached hydrogen (secondary N) is 2. The molecule has 0 radical (unpaired) electrons. The second kappa shape index (κ2) is 13.6. The SMILES string of the molecule is CC(C)(C)OC(=O)N[C@@H](C(=O)Nc1ccc(-c2nc(N(OC(=O)O)OC(=O)O)nc(C(C)(C)C)c2C(C)(C)C)cc1)c1cccs1. The molecule has 1 atom stereocenters. The van der Waals surface area contributed by atoms with E-state index in [-0.39, 0.29) is 5.23 Å². The molecule has 248 valence electrons. The molecular formula is C31H39N5O9S. The first-order chi connectivity index (χ1) is 21.2. The van der Waals surface area contributed by atoms with E-state index in [0.29, 0.717) is 33.1 Å². The lowest BCUT2D eigenvalue weighted by molar-refractivity contribution is -0.118. The highest BCUT2D eigenvalue weighted by Crippen LogP contribution is 2.40. The zero-order chi connectivity index (χ0) is 34.6. The number of hydrogen-bond donors (Lipinski definition) is 4. The van der Waals surface area contributed by atoms with Gasteiger partial charge in [-0.3, -0.25) is 14.5 Å². The minimum atomic E-state index is -1.84. The number of carboxylic acid groups (broad SMARTS) is 2. The quantitative estimate of drug-likeness (QED) is 0.181. The minimum absolute atomic E-state index is 0.118. The maximum atomic E-state index is 13.4. The van der Waals surface area contributed by atoms with Gasteiger partial charge in [-0.25, -0.2) is 24.4 Å². The molecule has 0 aliphatic carbocycles. The predicted octanol–water partition coefficient (Wildman–Crippen LogP) is 7.03. The number of alkyl carbamates (subject to hydrolysis) is 1. The number of rotatable bonds is 8. The van der Waals surface area contributed by atoms with Crippen LogP contribution in [-0.4, -0.2) is 50.1 Å². The van der Waals surface area contributed by atoms with Gasteiger partial charge < -0.3 is 25.6 Å². The van der Waals surface area contributed by atoms with Crippen LogP contribution in [0, 0.1) is 0 Å². The fourth-order valence-corrected chi connectivity index (χ4v) is 5.08. The molecule has 3 aromatic rings. The van der Waals surface area contributed by atoms with Crippen LogP contribution in [-0.2, 0) is 30.0 Å². The van der Waals surface area contributed by atoms with Crippen molar-refractivity contribution in [2.45, 2.75) is 84.8 Å². The average Bonchev–Trinajstić information content (AvgIpc) is 3.43. The van der Waals surface area contributed by atoms with E-state index in [1.54, 1.807) is 62.5 Å². The third-order valence-corrected chi connectivity index (χ3v) is 6.96. The van der Waals surface area contributed by atoms with Crippen LogP contribution in [0.5, 0.6) is 0 Å². The largest absolute Gasteiger partial charge is 0.533 e. The van der Waals surface area contributed by atoms with Crippen molar-refractivity contribution in [2.75, 3.05) is 10.5 Å². The van der Waals surface area contributed by atoms with Crippen molar-refractivity contribution in [1.82, 2.24) is 15.3 Å². The van der Waals surface area contributed by atoms with Crippen molar-refractivity contribution in [1.29, 1.82) is 0 Å². The van der Waals surface area contributed by atoms with Gasteiger partial charge in [-0.15, -0.1) is 11.3 Å². The predicted molar refractivity (Wildman–Crippen MR) is 171 cm³/mol. The molecule has 3 rings (SSSR count). The summed E-state index contributed by atoms with van der Waals surface area (Å²) in [5, 5.41) is 25.8.